The highest BCUT2D eigenvalue weighted by molar-refractivity contribution is 5.76. The fraction of sp³-hybridized carbons (Fsp3) is 0.529. The van der Waals surface area contributed by atoms with Crippen LogP contribution in [-0.4, -0.2) is 47.7 Å². The second kappa shape index (κ2) is 7.99. The Morgan fingerprint density at radius 2 is 2.12 bits per heavy atom. The number of nitrogens with zero attached hydrogens (tertiary/aromatic N) is 1. The van der Waals surface area contributed by atoms with E-state index in [2.05, 4.69) is 5.32 Å². The number of carboxylic acid groups (broad SMARTS) is 1. The minimum atomic E-state index is -0.879. The zero-order valence-corrected chi connectivity index (χ0v) is 13.9. The minimum Gasteiger partial charge on any atom is -0.486 e. The highest BCUT2D eigenvalue weighted by Crippen LogP contribution is 2.22. The number of likely N-dealkylation sites (tertiary alicyclic amines) is 1. The van der Waals surface area contributed by atoms with Crippen molar-refractivity contribution in [3.8, 4) is 5.75 Å². The molecule has 0 aromatic heterocycles. The number of amides is 2. The maximum Gasteiger partial charge on any atom is 0.317 e. The zero-order valence-electron chi connectivity index (χ0n) is 13.9. The average Bonchev–Trinajstić information content (AvgIpc) is 2.54. The number of piperidine rings is 1. The van der Waals surface area contributed by atoms with E-state index >= 15 is 0 Å². The van der Waals surface area contributed by atoms with Crippen LogP contribution in [0, 0.1) is 17.7 Å². The third kappa shape index (κ3) is 4.84. The molecule has 0 radical (unpaired) electrons. The number of ether oxygens (including phenoxy) is 1. The number of carboxylic acids is 1. The number of urea groups is 1. The fourth-order valence-electron chi connectivity index (χ4n) is 2.84. The van der Waals surface area contributed by atoms with Gasteiger partial charge < -0.3 is 20.1 Å². The van der Waals surface area contributed by atoms with Crippen molar-refractivity contribution >= 4 is 12.0 Å². The number of carbonyl (C=O) groups excluding carboxylic acids is 1. The predicted molar refractivity (Wildman–Crippen MR) is 86.4 cm³/mol. The van der Waals surface area contributed by atoms with Crippen molar-refractivity contribution in [2.45, 2.75) is 26.4 Å². The molecule has 0 saturated carbocycles. The quantitative estimate of drug-likeness (QED) is 0.864. The molecule has 6 nitrogen and oxygen atoms in total. The van der Waals surface area contributed by atoms with Gasteiger partial charge in [-0.1, -0.05) is 19.1 Å². The van der Waals surface area contributed by atoms with E-state index in [1.807, 2.05) is 6.92 Å². The molecule has 0 bridgehead atoms. The van der Waals surface area contributed by atoms with E-state index in [4.69, 9.17) is 9.84 Å². The maximum atomic E-state index is 13.5. The summed E-state index contributed by atoms with van der Waals surface area (Å²) in [5.41, 5.74) is 0. The number of nitrogens with one attached hydrogen (secondary N) is 1. The molecule has 1 aromatic carbocycles. The summed E-state index contributed by atoms with van der Waals surface area (Å²) in [6, 6.07) is 5.76. The van der Waals surface area contributed by atoms with Crippen LogP contribution < -0.4 is 10.1 Å². The van der Waals surface area contributed by atoms with E-state index in [1.165, 1.54) is 17.0 Å². The van der Waals surface area contributed by atoms with Crippen LogP contribution >= 0.6 is 0 Å². The summed E-state index contributed by atoms with van der Waals surface area (Å²) in [6.07, 6.45) is 0.162. The lowest BCUT2D eigenvalue weighted by Crippen LogP contribution is -2.50. The number of halogens is 1. The van der Waals surface area contributed by atoms with Crippen molar-refractivity contribution in [1.82, 2.24) is 10.2 Å². The van der Waals surface area contributed by atoms with Gasteiger partial charge in [-0.3, -0.25) is 4.79 Å². The maximum absolute atomic E-state index is 13.5. The highest BCUT2D eigenvalue weighted by atomic mass is 19.1. The van der Waals surface area contributed by atoms with Gasteiger partial charge in [0.05, 0.1) is 12.5 Å². The molecule has 1 aliphatic heterocycles. The molecule has 1 fully saturated rings. The lowest BCUT2D eigenvalue weighted by molar-refractivity contribution is -0.143. The van der Waals surface area contributed by atoms with E-state index in [-0.39, 0.29) is 30.8 Å². The summed E-state index contributed by atoms with van der Waals surface area (Å²) >= 11 is 0. The van der Waals surface area contributed by atoms with Gasteiger partial charge in [-0.15, -0.1) is 0 Å². The molecule has 3 unspecified atom stereocenters. The van der Waals surface area contributed by atoms with Crippen LogP contribution in [0.25, 0.3) is 0 Å². The molecule has 2 N–H and O–H groups in total. The topological polar surface area (TPSA) is 78.9 Å². The Balaban J connectivity index is 1.83. The SMILES string of the molecule is CC1CC(C(=O)O)CN(C(=O)NCC(C)Oc2ccccc2F)C1. The molecule has 24 heavy (non-hydrogen) atoms. The second-order valence-corrected chi connectivity index (χ2v) is 6.33. The molecule has 132 valence electrons. The number of hydrogen-bond acceptors (Lipinski definition) is 3. The number of carbonyl (C=O) groups is 2. The van der Waals surface area contributed by atoms with Crippen LogP contribution in [0.15, 0.2) is 24.3 Å². The average molecular weight is 338 g/mol. The largest absolute Gasteiger partial charge is 0.486 e. The summed E-state index contributed by atoms with van der Waals surface area (Å²) in [6.45, 7) is 4.59. The van der Waals surface area contributed by atoms with E-state index < -0.39 is 23.8 Å². The van der Waals surface area contributed by atoms with Crippen molar-refractivity contribution < 1.29 is 23.8 Å². The molecule has 1 aromatic rings. The van der Waals surface area contributed by atoms with Crippen LogP contribution in [0.1, 0.15) is 20.3 Å². The van der Waals surface area contributed by atoms with Crippen LogP contribution in [0.3, 0.4) is 0 Å². The van der Waals surface area contributed by atoms with Crippen molar-refractivity contribution in [1.29, 1.82) is 0 Å². The van der Waals surface area contributed by atoms with E-state index in [1.54, 1.807) is 19.1 Å². The summed E-state index contributed by atoms with van der Waals surface area (Å²) in [7, 11) is 0. The van der Waals surface area contributed by atoms with Gasteiger partial charge >= 0.3 is 12.0 Å². The van der Waals surface area contributed by atoms with Crippen molar-refractivity contribution in [3.63, 3.8) is 0 Å². The molecule has 0 spiro atoms. The summed E-state index contributed by atoms with van der Waals surface area (Å²) < 4.78 is 19.0. The lowest BCUT2D eigenvalue weighted by atomic mass is 9.91. The first-order chi connectivity index (χ1) is 11.4. The molecular weight excluding hydrogens is 315 g/mol. The van der Waals surface area contributed by atoms with Gasteiger partial charge in [-0.05, 0) is 31.4 Å². The summed E-state index contributed by atoms with van der Waals surface area (Å²) in [4.78, 5) is 24.9. The highest BCUT2D eigenvalue weighted by Gasteiger charge is 2.31. The molecule has 2 rings (SSSR count). The van der Waals surface area contributed by atoms with Crippen LogP contribution in [0.5, 0.6) is 5.75 Å². The molecule has 7 heteroatoms. The van der Waals surface area contributed by atoms with Gasteiger partial charge in [0, 0.05) is 13.1 Å². The van der Waals surface area contributed by atoms with Gasteiger partial charge in [-0.25, -0.2) is 9.18 Å². The van der Waals surface area contributed by atoms with E-state index in [9.17, 15) is 14.0 Å². The number of rotatable bonds is 5. The van der Waals surface area contributed by atoms with E-state index in [0.29, 0.717) is 13.0 Å². The standard InChI is InChI=1S/C17H23FN2O4/c1-11-7-13(16(21)22)10-20(9-11)17(23)19-8-12(2)24-15-6-4-3-5-14(15)18/h3-6,11-13H,7-10H2,1-2H3,(H,19,23)(H,21,22). The number of para-hydroxylation sites is 1. The molecule has 0 aliphatic carbocycles. The van der Waals surface area contributed by atoms with Crippen LogP contribution in [0.4, 0.5) is 9.18 Å². The summed E-state index contributed by atoms with van der Waals surface area (Å²) in [5, 5.41) is 11.9. The molecule has 1 heterocycles. The van der Waals surface area contributed by atoms with Crippen LogP contribution in [0.2, 0.25) is 0 Å². The first kappa shape index (κ1) is 18.0. The Morgan fingerprint density at radius 3 is 2.79 bits per heavy atom. The zero-order chi connectivity index (χ0) is 17.7. The monoisotopic (exact) mass is 338 g/mol. The second-order valence-electron chi connectivity index (χ2n) is 6.33. The van der Waals surface area contributed by atoms with Gasteiger partial charge in [0.2, 0.25) is 0 Å². The van der Waals surface area contributed by atoms with Crippen molar-refractivity contribution in [2.75, 3.05) is 19.6 Å². The van der Waals surface area contributed by atoms with E-state index in [0.717, 1.165) is 0 Å². The molecule has 3 atom stereocenters. The Labute approximate surface area is 140 Å². The van der Waals surface area contributed by atoms with Crippen LogP contribution in [-0.2, 0) is 4.79 Å². The molecular formula is C17H23FN2O4. The minimum absolute atomic E-state index is 0.136. The molecule has 2 amide bonds. The summed E-state index contributed by atoms with van der Waals surface area (Å²) in [5.74, 6) is -1.60. The van der Waals surface area contributed by atoms with Gasteiger partial charge in [0.1, 0.15) is 6.10 Å². The first-order valence-corrected chi connectivity index (χ1v) is 8.03. The smallest absolute Gasteiger partial charge is 0.317 e. The lowest BCUT2D eigenvalue weighted by Gasteiger charge is -2.34. The Morgan fingerprint density at radius 1 is 1.42 bits per heavy atom. The third-order valence-electron chi connectivity index (χ3n) is 4.00. The number of aliphatic carboxylic acids is 1. The first-order valence-electron chi connectivity index (χ1n) is 8.03. The number of benzene rings is 1. The fourth-order valence-corrected chi connectivity index (χ4v) is 2.84. The molecule has 1 aliphatic rings. The van der Waals surface area contributed by atoms with Crippen molar-refractivity contribution in [3.05, 3.63) is 30.1 Å². The Kier molecular flexibility index (Phi) is 6.00. The Hall–Kier alpha value is -2.31. The van der Waals surface area contributed by atoms with Gasteiger partial charge in [0.15, 0.2) is 11.6 Å². The third-order valence-corrected chi connectivity index (χ3v) is 4.00. The van der Waals surface area contributed by atoms with Gasteiger partial charge in [-0.2, -0.15) is 0 Å². The number of hydrogen-bond donors (Lipinski definition) is 2. The van der Waals surface area contributed by atoms with Gasteiger partial charge in [0.25, 0.3) is 0 Å². The molecule has 1 saturated heterocycles. The normalized spacial score (nSPS) is 21.9. The Bertz CT molecular complexity index is 596. The predicted octanol–water partition coefficient (Wildman–Crippen LogP) is 2.35. The van der Waals surface area contributed by atoms with Crippen molar-refractivity contribution in [2.24, 2.45) is 11.8 Å².